The molecular formula is C23H22N4O. The molecule has 140 valence electrons. The molecule has 0 saturated heterocycles. The van der Waals surface area contributed by atoms with Crippen LogP contribution in [0.25, 0.3) is 11.0 Å². The van der Waals surface area contributed by atoms with Crippen LogP contribution in [-0.2, 0) is 11.3 Å². The lowest BCUT2D eigenvalue weighted by Crippen LogP contribution is -2.29. The van der Waals surface area contributed by atoms with E-state index in [9.17, 15) is 4.79 Å². The SMILES string of the molecule is O=C(Cn1nnc2ccccc21)NCCC(c1ccccc1)c1ccccc1. The lowest BCUT2D eigenvalue weighted by Gasteiger charge is -2.18. The molecule has 3 aromatic carbocycles. The number of hydrogen-bond acceptors (Lipinski definition) is 3. The quantitative estimate of drug-likeness (QED) is 0.539. The summed E-state index contributed by atoms with van der Waals surface area (Å²) in [6.07, 6.45) is 0.831. The lowest BCUT2D eigenvalue weighted by molar-refractivity contribution is -0.121. The van der Waals surface area contributed by atoms with Gasteiger partial charge in [-0.05, 0) is 29.7 Å². The maximum atomic E-state index is 12.4. The summed E-state index contributed by atoms with van der Waals surface area (Å²) in [5.41, 5.74) is 4.17. The van der Waals surface area contributed by atoms with Crippen LogP contribution in [-0.4, -0.2) is 27.4 Å². The monoisotopic (exact) mass is 370 g/mol. The van der Waals surface area contributed by atoms with Gasteiger partial charge in [-0.1, -0.05) is 78.0 Å². The third-order valence-corrected chi connectivity index (χ3v) is 4.87. The minimum atomic E-state index is -0.0597. The Hall–Kier alpha value is -3.47. The van der Waals surface area contributed by atoms with Crippen molar-refractivity contribution in [1.82, 2.24) is 20.3 Å². The highest BCUT2D eigenvalue weighted by Gasteiger charge is 2.14. The number of aromatic nitrogens is 3. The van der Waals surface area contributed by atoms with Crippen LogP contribution in [0.4, 0.5) is 0 Å². The summed E-state index contributed by atoms with van der Waals surface area (Å²) in [6, 6.07) is 28.5. The van der Waals surface area contributed by atoms with Crippen LogP contribution in [0.15, 0.2) is 84.9 Å². The number of fused-ring (bicyclic) bond motifs is 1. The first kappa shape index (κ1) is 17.9. The van der Waals surface area contributed by atoms with Crippen molar-refractivity contribution >= 4 is 16.9 Å². The van der Waals surface area contributed by atoms with Crippen LogP contribution < -0.4 is 5.32 Å². The second kappa shape index (κ2) is 8.48. The summed E-state index contributed by atoms with van der Waals surface area (Å²) in [5, 5.41) is 11.2. The Labute approximate surface area is 164 Å². The zero-order valence-corrected chi connectivity index (χ0v) is 15.5. The summed E-state index contributed by atoms with van der Waals surface area (Å²) in [4.78, 5) is 12.4. The van der Waals surface area contributed by atoms with E-state index in [1.165, 1.54) is 11.1 Å². The second-order valence-corrected chi connectivity index (χ2v) is 6.75. The van der Waals surface area contributed by atoms with Crippen LogP contribution in [0, 0.1) is 0 Å². The van der Waals surface area contributed by atoms with E-state index in [1.54, 1.807) is 4.68 Å². The fourth-order valence-electron chi connectivity index (χ4n) is 3.48. The summed E-state index contributed by atoms with van der Waals surface area (Å²) in [5.74, 6) is 0.186. The first-order valence-electron chi connectivity index (χ1n) is 9.46. The number of rotatable bonds is 7. The van der Waals surface area contributed by atoms with Gasteiger partial charge >= 0.3 is 0 Å². The van der Waals surface area contributed by atoms with Crippen LogP contribution >= 0.6 is 0 Å². The van der Waals surface area contributed by atoms with Gasteiger partial charge in [0, 0.05) is 12.5 Å². The van der Waals surface area contributed by atoms with Gasteiger partial charge in [-0.3, -0.25) is 4.79 Å². The highest BCUT2D eigenvalue weighted by Crippen LogP contribution is 2.27. The Kier molecular flexibility index (Phi) is 5.43. The number of nitrogens with zero attached hydrogens (tertiary/aromatic N) is 3. The van der Waals surface area contributed by atoms with Gasteiger partial charge in [0.15, 0.2) is 0 Å². The molecule has 0 unspecified atom stereocenters. The molecule has 1 N–H and O–H groups in total. The zero-order valence-electron chi connectivity index (χ0n) is 15.5. The Morgan fingerprint density at radius 1 is 0.857 bits per heavy atom. The van der Waals surface area contributed by atoms with E-state index in [-0.39, 0.29) is 18.4 Å². The average Bonchev–Trinajstić information content (AvgIpc) is 3.15. The van der Waals surface area contributed by atoms with Crippen molar-refractivity contribution in [2.75, 3.05) is 6.54 Å². The molecule has 1 heterocycles. The van der Waals surface area contributed by atoms with Gasteiger partial charge in [-0.15, -0.1) is 5.10 Å². The summed E-state index contributed by atoms with van der Waals surface area (Å²) in [6.45, 7) is 0.766. The molecule has 0 aliphatic carbocycles. The molecule has 1 amide bonds. The van der Waals surface area contributed by atoms with E-state index in [1.807, 2.05) is 36.4 Å². The van der Waals surface area contributed by atoms with Gasteiger partial charge in [-0.2, -0.15) is 0 Å². The van der Waals surface area contributed by atoms with E-state index in [0.717, 1.165) is 17.5 Å². The second-order valence-electron chi connectivity index (χ2n) is 6.75. The first-order valence-corrected chi connectivity index (χ1v) is 9.46. The molecule has 0 spiro atoms. The third-order valence-electron chi connectivity index (χ3n) is 4.87. The molecule has 1 aromatic heterocycles. The van der Waals surface area contributed by atoms with Crippen LogP contribution in [0.5, 0.6) is 0 Å². The van der Waals surface area contributed by atoms with Crippen molar-refractivity contribution < 1.29 is 4.79 Å². The molecule has 0 aliphatic rings. The van der Waals surface area contributed by atoms with E-state index >= 15 is 0 Å². The van der Waals surface area contributed by atoms with Crippen molar-refractivity contribution in [3.8, 4) is 0 Å². The molecule has 5 heteroatoms. The normalized spacial score (nSPS) is 11.0. The van der Waals surface area contributed by atoms with E-state index < -0.39 is 0 Å². The van der Waals surface area contributed by atoms with Crippen molar-refractivity contribution in [1.29, 1.82) is 0 Å². The third kappa shape index (κ3) is 4.09. The molecule has 28 heavy (non-hydrogen) atoms. The van der Waals surface area contributed by atoms with E-state index in [4.69, 9.17) is 0 Å². The molecule has 0 saturated carbocycles. The van der Waals surface area contributed by atoms with Gasteiger partial charge in [0.1, 0.15) is 12.1 Å². The number of nitrogens with one attached hydrogen (secondary N) is 1. The first-order chi connectivity index (χ1) is 13.8. The molecule has 4 aromatic rings. The number of benzene rings is 3. The summed E-state index contributed by atoms with van der Waals surface area (Å²) >= 11 is 0. The smallest absolute Gasteiger partial charge is 0.241 e. The average molecular weight is 370 g/mol. The molecular weight excluding hydrogens is 348 g/mol. The number of amides is 1. The fourth-order valence-corrected chi connectivity index (χ4v) is 3.48. The number of carbonyl (C=O) groups is 1. The maximum absolute atomic E-state index is 12.4. The molecule has 4 rings (SSSR count). The van der Waals surface area contributed by atoms with Crippen molar-refractivity contribution in [3.63, 3.8) is 0 Å². The molecule has 0 fully saturated rings. The van der Waals surface area contributed by atoms with Crippen molar-refractivity contribution in [3.05, 3.63) is 96.1 Å². The molecule has 0 atom stereocenters. The van der Waals surface area contributed by atoms with E-state index in [0.29, 0.717) is 6.54 Å². The Bertz CT molecular complexity index is 1000. The van der Waals surface area contributed by atoms with Gasteiger partial charge in [0.05, 0.1) is 5.52 Å². The molecule has 0 bridgehead atoms. The minimum Gasteiger partial charge on any atom is -0.354 e. The Morgan fingerprint density at radius 3 is 2.14 bits per heavy atom. The van der Waals surface area contributed by atoms with Gasteiger partial charge < -0.3 is 5.32 Å². The van der Waals surface area contributed by atoms with Crippen molar-refractivity contribution in [2.24, 2.45) is 0 Å². The molecule has 0 aliphatic heterocycles. The van der Waals surface area contributed by atoms with Crippen molar-refractivity contribution in [2.45, 2.75) is 18.9 Å². The maximum Gasteiger partial charge on any atom is 0.241 e. The topological polar surface area (TPSA) is 59.8 Å². The summed E-state index contributed by atoms with van der Waals surface area (Å²) < 4.78 is 1.64. The molecule has 5 nitrogen and oxygen atoms in total. The zero-order chi connectivity index (χ0) is 19.2. The largest absolute Gasteiger partial charge is 0.354 e. The van der Waals surface area contributed by atoms with Crippen LogP contribution in [0.1, 0.15) is 23.5 Å². The molecule has 0 radical (unpaired) electrons. The van der Waals surface area contributed by atoms with Gasteiger partial charge in [0.2, 0.25) is 5.91 Å². The van der Waals surface area contributed by atoms with Gasteiger partial charge in [0.25, 0.3) is 0 Å². The minimum absolute atomic E-state index is 0.0597. The number of para-hydroxylation sites is 1. The number of carbonyl (C=O) groups excluding carboxylic acids is 1. The van der Waals surface area contributed by atoms with E-state index in [2.05, 4.69) is 64.2 Å². The predicted octanol–water partition coefficient (Wildman–Crippen LogP) is 3.77. The lowest BCUT2D eigenvalue weighted by atomic mass is 9.88. The van der Waals surface area contributed by atoms with Crippen LogP contribution in [0.3, 0.4) is 0 Å². The predicted molar refractivity (Wildman–Crippen MR) is 110 cm³/mol. The summed E-state index contributed by atoms with van der Waals surface area (Å²) in [7, 11) is 0. The fraction of sp³-hybridized carbons (Fsp3) is 0.174. The number of hydrogen-bond donors (Lipinski definition) is 1. The highest BCUT2D eigenvalue weighted by atomic mass is 16.2. The Balaban J connectivity index is 1.40. The highest BCUT2D eigenvalue weighted by molar-refractivity contribution is 5.79. The van der Waals surface area contributed by atoms with Crippen LogP contribution in [0.2, 0.25) is 0 Å². The Morgan fingerprint density at radius 2 is 1.46 bits per heavy atom. The van der Waals surface area contributed by atoms with Gasteiger partial charge in [-0.25, -0.2) is 4.68 Å². The standard InChI is InChI=1S/C23H22N4O/c28-23(17-27-22-14-8-7-13-21(22)25-26-27)24-16-15-20(18-9-3-1-4-10-18)19-11-5-2-6-12-19/h1-14,20H,15-17H2,(H,24,28).